The van der Waals surface area contributed by atoms with Crippen molar-refractivity contribution in [1.29, 1.82) is 0 Å². The van der Waals surface area contributed by atoms with Crippen molar-refractivity contribution in [2.24, 2.45) is 7.05 Å². The summed E-state index contributed by atoms with van der Waals surface area (Å²) < 4.78 is 1.85. The molecular formula is C22H20N4O2S. The van der Waals surface area contributed by atoms with Gasteiger partial charge in [0.1, 0.15) is 5.75 Å². The Kier molecular flexibility index (Phi) is 5.22. The summed E-state index contributed by atoms with van der Waals surface area (Å²) in [6.45, 7) is 1.85. The van der Waals surface area contributed by atoms with Crippen LogP contribution in [0.5, 0.6) is 5.75 Å². The molecule has 29 heavy (non-hydrogen) atoms. The van der Waals surface area contributed by atoms with Crippen molar-refractivity contribution in [1.82, 2.24) is 14.8 Å². The van der Waals surface area contributed by atoms with E-state index in [-0.39, 0.29) is 16.9 Å². The van der Waals surface area contributed by atoms with Crippen molar-refractivity contribution in [3.05, 3.63) is 66.7 Å². The highest BCUT2D eigenvalue weighted by Gasteiger charge is 2.20. The van der Waals surface area contributed by atoms with Crippen LogP contribution in [0.15, 0.2) is 71.9 Å². The average Bonchev–Trinajstić information content (AvgIpc) is 3.09. The zero-order valence-corrected chi connectivity index (χ0v) is 16.9. The SMILES string of the molecule is CC(Sc1nnc(-c2ccc(O)cc2)n1C)C(=O)Nc1cccc2ccccc12. The van der Waals surface area contributed by atoms with E-state index >= 15 is 0 Å². The number of aromatic nitrogens is 3. The summed E-state index contributed by atoms with van der Waals surface area (Å²) in [6, 6.07) is 20.6. The number of carbonyl (C=O) groups excluding carboxylic acids is 1. The molecule has 146 valence electrons. The summed E-state index contributed by atoms with van der Waals surface area (Å²) >= 11 is 1.35. The summed E-state index contributed by atoms with van der Waals surface area (Å²) in [4.78, 5) is 12.8. The topological polar surface area (TPSA) is 80.0 Å². The fourth-order valence-electron chi connectivity index (χ4n) is 3.06. The first-order chi connectivity index (χ1) is 14.0. The Bertz CT molecular complexity index is 1170. The Morgan fingerprint density at radius 1 is 1.03 bits per heavy atom. The van der Waals surface area contributed by atoms with E-state index in [4.69, 9.17) is 0 Å². The normalized spacial score (nSPS) is 12.1. The smallest absolute Gasteiger partial charge is 0.237 e. The maximum Gasteiger partial charge on any atom is 0.237 e. The van der Waals surface area contributed by atoms with Crippen molar-refractivity contribution < 1.29 is 9.90 Å². The molecule has 1 heterocycles. The van der Waals surface area contributed by atoms with Gasteiger partial charge in [0.15, 0.2) is 11.0 Å². The number of nitrogens with zero attached hydrogens (tertiary/aromatic N) is 3. The third kappa shape index (κ3) is 3.95. The number of rotatable bonds is 5. The van der Waals surface area contributed by atoms with Crippen molar-refractivity contribution in [2.75, 3.05) is 5.32 Å². The lowest BCUT2D eigenvalue weighted by atomic mass is 10.1. The van der Waals surface area contributed by atoms with Crippen molar-refractivity contribution in [3.63, 3.8) is 0 Å². The van der Waals surface area contributed by atoms with Crippen LogP contribution in [-0.4, -0.2) is 31.0 Å². The molecule has 0 bridgehead atoms. The number of thioether (sulfide) groups is 1. The Labute approximate surface area is 172 Å². The molecule has 3 aromatic carbocycles. The van der Waals surface area contributed by atoms with E-state index in [0.29, 0.717) is 11.0 Å². The number of aromatic hydroxyl groups is 1. The standard InChI is InChI=1S/C22H20N4O2S/c1-14(21(28)23-19-9-5-7-15-6-3-4-8-18(15)19)29-22-25-24-20(26(22)2)16-10-12-17(27)13-11-16/h3-14,27H,1-2H3,(H,23,28). The predicted octanol–water partition coefficient (Wildman–Crippen LogP) is 4.46. The molecule has 0 saturated carbocycles. The zero-order valence-electron chi connectivity index (χ0n) is 16.0. The highest BCUT2D eigenvalue weighted by Crippen LogP contribution is 2.28. The van der Waals surface area contributed by atoms with Crippen LogP contribution in [0.2, 0.25) is 0 Å². The molecule has 0 fully saturated rings. The first-order valence-corrected chi connectivity index (χ1v) is 10.0. The second kappa shape index (κ2) is 7.97. The third-order valence-corrected chi connectivity index (χ3v) is 5.79. The van der Waals surface area contributed by atoms with Crippen LogP contribution in [-0.2, 0) is 11.8 Å². The Morgan fingerprint density at radius 3 is 2.55 bits per heavy atom. The summed E-state index contributed by atoms with van der Waals surface area (Å²) in [5, 5.41) is 23.3. The lowest BCUT2D eigenvalue weighted by Crippen LogP contribution is -2.23. The van der Waals surface area contributed by atoms with Gasteiger partial charge in [-0.25, -0.2) is 0 Å². The zero-order chi connectivity index (χ0) is 20.4. The molecule has 2 N–H and O–H groups in total. The van der Waals surface area contributed by atoms with Gasteiger partial charge in [-0.15, -0.1) is 10.2 Å². The number of hydrogen-bond acceptors (Lipinski definition) is 5. The fourth-order valence-corrected chi connectivity index (χ4v) is 3.87. The molecule has 0 saturated heterocycles. The van der Waals surface area contributed by atoms with E-state index in [1.165, 1.54) is 11.8 Å². The molecule has 0 radical (unpaired) electrons. The molecule has 1 unspecified atom stereocenters. The Morgan fingerprint density at radius 2 is 1.76 bits per heavy atom. The van der Waals surface area contributed by atoms with Crippen molar-refractivity contribution in [3.8, 4) is 17.1 Å². The monoisotopic (exact) mass is 404 g/mol. The minimum absolute atomic E-state index is 0.0967. The maximum absolute atomic E-state index is 12.8. The minimum atomic E-state index is -0.357. The second-order valence-corrected chi connectivity index (χ2v) is 8.00. The summed E-state index contributed by atoms with van der Waals surface area (Å²) in [5.74, 6) is 0.777. The quantitative estimate of drug-likeness (QED) is 0.480. The average molecular weight is 404 g/mol. The number of phenolic OH excluding ortho intramolecular Hbond substituents is 1. The van der Waals surface area contributed by atoms with Gasteiger partial charge in [0.05, 0.1) is 5.25 Å². The number of nitrogens with one attached hydrogen (secondary N) is 1. The van der Waals surface area contributed by atoms with Crippen LogP contribution < -0.4 is 5.32 Å². The maximum atomic E-state index is 12.8. The summed E-state index contributed by atoms with van der Waals surface area (Å²) in [7, 11) is 1.86. The molecule has 0 aliphatic rings. The van der Waals surface area contributed by atoms with Crippen LogP contribution in [0, 0.1) is 0 Å². The van der Waals surface area contributed by atoms with Crippen LogP contribution in [0.4, 0.5) is 5.69 Å². The molecule has 7 heteroatoms. The minimum Gasteiger partial charge on any atom is -0.508 e. The molecule has 4 rings (SSSR count). The number of hydrogen-bond donors (Lipinski definition) is 2. The predicted molar refractivity (Wildman–Crippen MR) is 116 cm³/mol. The van der Waals surface area contributed by atoms with Gasteiger partial charge in [0, 0.05) is 23.7 Å². The highest BCUT2D eigenvalue weighted by atomic mass is 32.2. The van der Waals surface area contributed by atoms with Crippen LogP contribution in [0.25, 0.3) is 22.2 Å². The van der Waals surface area contributed by atoms with Crippen molar-refractivity contribution in [2.45, 2.75) is 17.3 Å². The lowest BCUT2D eigenvalue weighted by Gasteiger charge is -2.13. The fraction of sp³-hybridized carbons (Fsp3) is 0.136. The van der Waals surface area contributed by atoms with Crippen LogP contribution >= 0.6 is 11.8 Å². The first kappa shape index (κ1) is 19.0. The van der Waals surface area contributed by atoms with Gasteiger partial charge < -0.3 is 15.0 Å². The van der Waals surface area contributed by atoms with Crippen molar-refractivity contribution >= 4 is 34.1 Å². The second-order valence-electron chi connectivity index (χ2n) is 6.69. The highest BCUT2D eigenvalue weighted by molar-refractivity contribution is 8.00. The molecule has 1 amide bonds. The van der Waals surface area contributed by atoms with E-state index in [9.17, 15) is 9.90 Å². The Balaban J connectivity index is 1.50. The van der Waals surface area contributed by atoms with Gasteiger partial charge in [-0.1, -0.05) is 48.2 Å². The molecular weight excluding hydrogens is 384 g/mol. The molecule has 1 atom stereocenters. The number of carbonyl (C=O) groups is 1. The van der Waals surface area contributed by atoms with Gasteiger partial charge in [0.25, 0.3) is 0 Å². The van der Waals surface area contributed by atoms with E-state index in [2.05, 4.69) is 15.5 Å². The van der Waals surface area contributed by atoms with E-state index in [0.717, 1.165) is 22.0 Å². The summed E-state index contributed by atoms with van der Waals surface area (Å²) in [6.07, 6.45) is 0. The third-order valence-electron chi connectivity index (χ3n) is 4.66. The van der Waals surface area contributed by atoms with Crippen LogP contribution in [0.3, 0.4) is 0 Å². The molecule has 4 aromatic rings. The molecule has 0 aliphatic heterocycles. The van der Waals surface area contributed by atoms with E-state index < -0.39 is 0 Å². The molecule has 6 nitrogen and oxygen atoms in total. The van der Waals surface area contributed by atoms with Crippen LogP contribution in [0.1, 0.15) is 6.92 Å². The number of anilines is 1. The van der Waals surface area contributed by atoms with E-state index in [1.807, 2.05) is 61.0 Å². The lowest BCUT2D eigenvalue weighted by molar-refractivity contribution is -0.115. The molecule has 0 spiro atoms. The first-order valence-electron chi connectivity index (χ1n) is 9.17. The van der Waals surface area contributed by atoms with Gasteiger partial charge in [0.2, 0.25) is 5.91 Å². The van der Waals surface area contributed by atoms with Gasteiger partial charge >= 0.3 is 0 Å². The molecule has 1 aromatic heterocycles. The largest absolute Gasteiger partial charge is 0.508 e. The van der Waals surface area contributed by atoms with Gasteiger partial charge in [-0.3, -0.25) is 4.79 Å². The number of phenols is 1. The number of benzene rings is 3. The van der Waals surface area contributed by atoms with Gasteiger partial charge in [-0.2, -0.15) is 0 Å². The number of fused-ring (bicyclic) bond motifs is 1. The van der Waals surface area contributed by atoms with Gasteiger partial charge in [-0.05, 0) is 42.6 Å². The summed E-state index contributed by atoms with van der Waals surface area (Å²) in [5.41, 5.74) is 1.64. The number of amides is 1. The van der Waals surface area contributed by atoms with E-state index in [1.54, 1.807) is 24.3 Å². The Hall–Kier alpha value is -3.32. The molecule has 0 aliphatic carbocycles.